The number of carbonyl (C=O) groups excluding carboxylic acids is 2. The van der Waals surface area contributed by atoms with Gasteiger partial charge in [-0.15, -0.1) is 0 Å². The maximum absolute atomic E-state index is 12.7. The Bertz CT molecular complexity index is 573. The molecule has 0 spiro atoms. The van der Waals surface area contributed by atoms with Crippen molar-refractivity contribution in [2.75, 3.05) is 13.6 Å². The minimum Gasteiger partial charge on any atom is -0.479 e. The summed E-state index contributed by atoms with van der Waals surface area (Å²) in [4.78, 5) is 38.8. The SMILES string of the molecule is CN1CCCC/C=C\C2C[C@@]2(C(=O)O)NC(=O)[C@@H]2CCCC2C1=O. The molecular weight excluding hydrogens is 308 g/mol. The van der Waals surface area contributed by atoms with Crippen molar-refractivity contribution in [2.24, 2.45) is 17.8 Å². The maximum atomic E-state index is 12.7. The van der Waals surface area contributed by atoms with E-state index in [1.165, 1.54) is 0 Å². The van der Waals surface area contributed by atoms with Gasteiger partial charge in [0.15, 0.2) is 0 Å². The summed E-state index contributed by atoms with van der Waals surface area (Å²) in [7, 11) is 1.80. The number of carboxylic acid groups (broad SMARTS) is 1. The lowest BCUT2D eigenvalue weighted by Gasteiger charge is -2.26. The molecule has 0 aromatic heterocycles. The molecule has 2 N–H and O–H groups in total. The number of fused-ring (bicyclic) bond motifs is 2. The number of nitrogens with zero attached hydrogens (tertiary/aromatic N) is 1. The summed E-state index contributed by atoms with van der Waals surface area (Å²) in [5, 5.41) is 12.3. The fraction of sp³-hybridized carbons (Fsp3) is 0.722. The zero-order chi connectivity index (χ0) is 17.3. The summed E-state index contributed by atoms with van der Waals surface area (Å²) in [5.41, 5.74) is -1.17. The predicted octanol–water partition coefficient (Wildman–Crippen LogP) is 1.56. The number of rotatable bonds is 1. The van der Waals surface area contributed by atoms with Crippen molar-refractivity contribution in [1.82, 2.24) is 10.2 Å². The number of nitrogens with one attached hydrogen (secondary N) is 1. The average Bonchev–Trinajstić information content (AvgIpc) is 3.03. The van der Waals surface area contributed by atoms with Crippen LogP contribution in [0.1, 0.15) is 44.9 Å². The largest absolute Gasteiger partial charge is 0.479 e. The van der Waals surface area contributed by atoms with E-state index in [1.807, 2.05) is 12.2 Å². The second-order valence-electron chi connectivity index (χ2n) is 7.40. The molecule has 4 atom stereocenters. The van der Waals surface area contributed by atoms with Crippen LogP contribution in [-0.4, -0.2) is 46.9 Å². The van der Waals surface area contributed by atoms with Crippen molar-refractivity contribution >= 4 is 17.8 Å². The molecule has 0 aromatic carbocycles. The molecule has 3 aliphatic rings. The monoisotopic (exact) mass is 334 g/mol. The van der Waals surface area contributed by atoms with Gasteiger partial charge in [0.05, 0.1) is 0 Å². The topological polar surface area (TPSA) is 86.7 Å². The molecule has 0 radical (unpaired) electrons. The number of amides is 2. The van der Waals surface area contributed by atoms with Gasteiger partial charge in [-0.25, -0.2) is 4.79 Å². The van der Waals surface area contributed by atoms with Gasteiger partial charge in [-0.3, -0.25) is 9.59 Å². The molecule has 6 heteroatoms. The Labute approximate surface area is 142 Å². The van der Waals surface area contributed by atoms with Gasteiger partial charge in [-0.1, -0.05) is 18.6 Å². The van der Waals surface area contributed by atoms with Gasteiger partial charge in [-0.2, -0.15) is 0 Å². The number of hydrogen-bond donors (Lipinski definition) is 2. The third kappa shape index (κ3) is 3.06. The van der Waals surface area contributed by atoms with Crippen molar-refractivity contribution in [3.05, 3.63) is 12.2 Å². The fourth-order valence-corrected chi connectivity index (χ4v) is 4.11. The summed E-state index contributed by atoms with van der Waals surface area (Å²) < 4.78 is 0. The van der Waals surface area contributed by atoms with E-state index in [-0.39, 0.29) is 23.7 Å². The molecule has 132 valence electrons. The minimum atomic E-state index is -1.17. The second-order valence-corrected chi connectivity index (χ2v) is 7.40. The summed E-state index contributed by atoms with van der Waals surface area (Å²) in [6.07, 6.45) is 9.35. The number of carboxylic acids is 1. The van der Waals surface area contributed by atoms with E-state index in [2.05, 4.69) is 5.32 Å². The number of aliphatic carboxylic acids is 1. The third-order valence-corrected chi connectivity index (χ3v) is 5.77. The van der Waals surface area contributed by atoms with Crippen molar-refractivity contribution < 1.29 is 19.5 Å². The highest BCUT2D eigenvalue weighted by molar-refractivity contribution is 5.94. The molecule has 0 saturated heterocycles. The van der Waals surface area contributed by atoms with Crippen molar-refractivity contribution in [2.45, 2.75) is 50.5 Å². The molecule has 24 heavy (non-hydrogen) atoms. The first-order valence-corrected chi connectivity index (χ1v) is 8.93. The van der Waals surface area contributed by atoms with Gasteiger partial charge in [-0.05, 0) is 38.5 Å². The lowest BCUT2D eigenvalue weighted by atomic mass is 9.93. The first-order chi connectivity index (χ1) is 11.5. The van der Waals surface area contributed by atoms with Crippen LogP contribution in [0.25, 0.3) is 0 Å². The number of hydrogen-bond acceptors (Lipinski definition) is 3. The van der Waals surface area contributed by atoms with E-state index < -0.39 is 17.4 Å². The van der Waals surface area contributed by atoms with Gasteiger partial charge >= 0.3 is 5.97 Å². The van der Waals surface area contributed by atoms with Crippen LogP contribution >= 0.6 is 0 Å². The van der Waals surface area contributed by atoms with Crippen LogP contribution in [0, 0.1) is 17.8 Å². The quantitative estimate of drug-likeness (QED) is 0.713. The molecule has 0 aromatic rings. The molecule has 1 heterocycles. The highest BCUT2D eigenvalue weighted by Gasteiger charge is 2.61. The molecule has 3 rings (SSSR count). The van der Waals surface area contributed by atoms with E-state index in [4.69, 9.17) is 0 Å². The highest BCUT2D eigenvalue weighted by atomic mass is 16.4. The fourth-order valence-electron chi connectivity index (χ4n) is 4.11. The summed E-state index contributed by atoms with van der Waals surface area (Å²) in [5.74, 6) is -2.07. The van der Waals surface area contributed by atoms with Gasteiger partial charge < -0.3 is 15.3 Å². The summed E-state index contributed by atoms with van der Waals surface area (Å²) >= 11 is 0. The lowest BCUT2D eigenvalue weighted by molar-refractivity contribution is -0.145. The van der Waals surface area contributed by atoms with Crippen LogP contribution in [0.2, 0.25) is 0 Å². The smallest absolute Gasteiger partial charge is 0.330 e. The summed E-state index contributed by atoms with van der Waals surface area (Å²) in [6.45, 7) is 0.708. The third-order valence-electron chi connectivity index (χ3n) is 5.77. The van der Waals surface area contributed by atoms with Crippen molar-refractivity contribution in [3.63, 3.8) is 0 Å². The summed E-state index contributed by atoms with van der Waals surface area (Å²) in [6, 6.07) is 0. The molecule has 1 aliphatic heterocycles. The Morgan fingerprint density at radius 1 is 1.25 bits per heavy atom. The standard InChI is InChI=1S/C18H26N2O4/c1-20-10-5-3-2-4-7-12-11-18(12,17(23)24)19-15(21)13-8-6-9-14(13)16(20)22/h4,7,12-14H,2-3,5-6,8-11H2,1H3,(H,19,21)(H,23,24)/b7-4-/t12?,13-,14?,18-/m1/s1. The first-order valence-electron chi connectivity index (χ1n) is 8.93. The van der Waals surface area contributed by atoms with Crippen molar-refractivity contribution in [1.29, 1.82) is 0 Å². The molecule has 2 saturated carbocycles. The normalized spacial score (nSPS) is 38.5. The van der Waals surface area contributed by atoms with Crippen LogP contribution < -0.4 is 5.32 Å². The molecule has 6 nitrogen and oxygen atoms in total. The van der Waals surface area contributed by atoms with E-state index in [0.717, 1.165) is 25.7 Å². The van der Waals surface area contributed by atoms with E-state index in [1.54, 1.807) is 11.9 Å². The molecule has 2 fully saturated rings. The molecule has 2 amide bonds. The predicted molar refractivity (Wildman–Crippen MR) is 88.1 cm³/mol. The van der Waals surface area contributed by atoms with E-state index in [0.29, 0.717) is 25.8 Å². The van der Waals surface area contributed by atoms with Crippen LogP contribution in [0.5, 0.6) is 0 Å². The average molecular weight is 334 g/mol. The van der Waals surface area contributed by atoms with Gasteiger partial charge in [0.25, 0.3) is 0 Å². The Balaban J connectivity index is 1.82. The van der Waals surface area contributed by atoms with E-state index >= 15 is 0 Å². The van der Waals surface area contributed by atoms with Gasteiger partial charge in [0, 0.05) is 31.3 Å². The Hall–Kier alpha value is -1.85. The lowest BCUT2D eigenvalue weighted by Crippen LogP contribution is -2.49. The molecule has 2 aliphatic carbocycles. The Morgan fingerprint density at radius 2 is 2.00 bits per heavy atom. The van der Waals surface area contributed by atoms with Crippen LogP contribution in [-0.2, 0) is 14.4 Å². The van der Waals surface area contributed by atoms with Crippen LogP contribution in [0.4, 0.5) is 0 Å². The highest BCUT2D eigenvalue weighted by Crippen LogP contribution is 2.46. The number of carbonyl (C=O) groups is 3. The zero-order valence-corrected chi connectivity index (χ0v) is 14.2. The Morgan fingerprint density at radius 3 is 2.75 bits per heavy atom. The van der Waals surface area contributed by atoms with Crippen molar-refractivity contribution in [3.8, 4) is 0 Å². The van der Waals surface area contributed by atoms with Gasteiger partial charge in [0.2, 0.25) is 11.8 Å². The van der Waals surface area contributed by atoms with Crippen LogP contribution in [0.15, 0.2) is 12.2 Å². The van der Waals surface area contributed by atoms with Crippen LogP contribution in [0.3, 0.4) is 0 Å². The Kier molecular flexibility index (Phi) is 4.65. The number of allylic oxidation sites excluding steroid dienone is 1. The van der Waals surface area contributed by atoms with Gasteiger partial charge in [0.1, 0.15) is 5.54 Å². The molecular formula is C18H26N2O4. The van der Waals surface area contributed by atoms with E-state index in [9.17, 15) is 19.5 Å². The molecule has 0 bridgehead atoms. The zero-order valence-electron chi connectivity index (χ0n) is 14.2. The maximum Gasteiger partial charge on any atom is 0.330 e. The second kappa shape index (κ2) is 6.57. The minimum absolute atomic E-state index is 0.0250. The first kappa shape index (κ1) is 17.0. The molecule has 2 unspecified atom stereocenters.